The van der Waals surface area contributed by atoms with Crippen LogP contribution in [0.4, 0.5) is 10.1 Å². The van der Waals surface area contributed by atoms with E-state index in [2.05, 4.69) is 16.0 Å². The minimum atomic E-state index is -0.597. The van der Waals surface area contributed by atoms with Crippen LogP contribution in [0, 0.1) is 11.7 Å². The van der Waals surface area contributed by atoms with E-state index in [9.17, 15) is 14.0 Å². The average molecular weight is 358 g/mol. The van der Waals surface area contributed by atoms with Gasteiger partial charge in [0.15, 0.2) is 0 Å². The third-order valence-corrected chi connectivity index (χ3v) is 3.77. The molecule has 0 unspecified atom stereocenters. The zero-order valence-corrected chi connectivity index (χ0v) is 14.8. The molecule has 2 rings (SSSR count). The highest BCUT2D eigenvalue weighted by molar-refractivity contribution is 5.96. The SMILES string of the molecule is CC(C)CC(=O)Nc1ccc(C(=O)NC2CCNCC2)cc1F.Cl. The monoisotopic (exact) mass is 357 g/mol. The van der Waals surface area contributed by atoms with Gasteiger partial charge in [0.2, 0.25) is 5.91 Å². The predicted molar refractivity (Wildman–Crippen MR) is 95.1 cm³/mol. The fourth-order valence-corrected chi connectivity index (χ4v) is 2.56. The summed E-state index contributed by atoms with van der Waals surface area (Å²) < 4.78 is 14.1. The standard InChI is InChI=1S/C17H24FN3O2.ClH/c1-11(2)9-16(22)21-15-4-3-12(10-14(15)18)17(23)20-13-5-7-19-8-6-13;/h3-4,10-11,13,19H,5-9H2,1-2H3,(H,20,23)(H,21,22);1H. The molecule has 0 aromatic heterocycles. The van der Waals surface area contributed by atoms with Crippen LogP contribution < -0.4 is 16.0 Å². The number of benzene rings is 1. The molecule has 1 aromatic rings. The van der Waals surface area contributed by atoms with E-state index in [0.29, 0.717) is 6.42 Å². The van der Waals surface area contributed by atoms with E-state index in [-0.39, 0.29) is 47.4 Å². The molecule has 1 fully saturated rings. The van der Waals surface area contributed by atoms with E-state index < -0.39 is 5.82 Å². The van der Waals surface area contributed by atoms with Crippen molar-refractivity contribution in [3.63, 3.8) is 0 Å². The largest absolute Gasteiger partial charge is 0.349 e. The van der Waals surface area contributed by atoms with Crippen LogP contribution in [0.5, 0.6) is 0 Å². The normalized spacial score (nSPS) is 14.8. The molecule has 0 bridgehead atoms. The molecule has 1 heterocycles. The number of hydrogen-bond donors (Lipinski definition) is 3. The molecule has 0 spiro atoms. The first-order valence-corrected chi connectivity index (χ1v) is 8.06. The topological polar surface area (TPSA) is 70.2 Å². The molecule has 1 aliphatic heterocycles. The van der Waals surface area contributed by atoms with Crippen molar-refractivity contribution in [2.24, 2.45) is 5.92 Å². The summed E-state index contributed by atoms with van der Waals surface area (Å²) in [5.74, 6) is -0.908. The van der Waals surface area contributed by atoms with E-state index in [1.54, 1.807) is 0 Å². The fraction of sp³-hybridized carbons (Fsp3) is 0.529. The van der Waals surface area contributed by atoms with Crippen LogP contribution in [0.3, 0.4) is 0 Å². The van der Waals surface area contributed by atoms with Gasteiger partial charge >= 0.3 is 0 Å². The molecule has 24 heavy (non-hydrogen) atoms. The summed E-state index contributed by atoms with van der Waals surface area (Å²) in [7, 11) is 0. The van der Waals surface area contributed by atoms with Crippen LogP contribution in [0.2, 0.25) is 0 Å². The highest BCUT2D eigenvalue weighted by Crippen LogP contribution is 2.17. The molecular weight excluding hydrogens is 333 g/mol. The van der Waals surface area contributed by atoms with Crippen molar-refractivity contribution in [2.45, 2.75) is 39.2 Å². The van der Waals surface area contributed by atoms with Crippen LogP contribution >= 0.6 is 12.4 Å². The van der Waals surface area contributed by atoms with Crippen molar-refractivity contribution < 1.29 is 14.0 Å². The van der Waals surface area contributed by atoms with Gasteiger partial charge in [-0.3, -0.25) is 9.59 Å². The van der Waals surface area contributed by atoms with Crippen molar-refractivity contribution in [3.8, 4) is 0 Å². The summed E-state index contributed by atoms with van der Waals surface area (Å²) in [6, 6.07) is 4.26. The molecule has 134 valence electrons. The van der Waals surface area contributed by atoms with Gasteiger partial charge in [0, 0.05) is 18.0 Å². The number of carbonyl (C=O) groups is 2. The molecule has 7 heteroatoms. The summed E-state index contributed by atoms with van der Waals surface area (Å²) in [5, 5.41) is 8.68. The van der Waals surface area contributed by atoms with Gasteiger partial charge in [0.1, 0.15) is 5.82 Å². The lowest BCUT2D eigenvalue weighted by molar-refractivity contribution is -0.116. The van der Waals surface area contributed by atoms with Crippen molar-refractivity contribution in [1.82, 2.24) is 10.6 Å². The fourth-order valence-electron chi connectivity index (χ4n) is 2.56. The molecule has 0 radical (unpaired) electrons. The van der Waals surface area contributed by atoms with E-state index >= 15 is 0 Å². The van der Waals surface area contributed by atoms with Crippen LogP contribution in [0.1, 0.15) is 43.5 Å². The Morgan fingerprint density at radius 3 is 2.54 bits per heavy atom. The summed E-state index contributed by atoms with van der Waals surface area (Å²) in [4.78, 5) is 23.9. The molecule has 1 aromatic carbocycles. The van der Waals surface area contributed by atoms with Crippen molar-refractivity contribution in [3.05, 3.63) is 29.6 Å². The Labute approximate surface area is 148 Å². The second-order valence-corrected chi connectivity index (χ2v) is 6.34. The Hall–Kier alpha value is -1.66. The third kappa shape index (κ3) is 6.09. The molecule has 0 aliphatic carbocycles. The van der Waals surface area contributed by atoms with Crippen LogP contribution in [-0.2, 0) is 4.79 Å². The Balaban J connectivity index is 0.00000288. The number of anilines is 1. The number of halogens is 2. The van der Waals surface area contributed by atoms with Crippen LogP contribution in [0.15, 0.2) is 18.2 Å². The number of nitrogens with one attached hydrogen (secondary N) is 3. The van der Waals surface area contributed by atoms with Gasteiger partial charge in [-0.25, -0.2) is 4.39 Å². The minimum Gasteiger partial charge on any atom is -0.349 e. The zero-order chi connectivity index (χ0) is 16.8. The van der Waals surface area contributed by atoms with Crippen LogP contribution in [-0.4, -0.2) is 30.9 Å². The summed E-state index contributed by atoms with van der Waals surface area (Å²) in [6.07, 6.45) is 2.08. The molecule has 0 atom stereocenters. The van der Waals surface area contributed by atoms with Crippen molar-refractivity contribution >= 4 is 29.9 Å². The molecule has 5 nitrogen and oxygen atoms in total. The van der Waals surface area contributed by atoms with Gasteiger partial charge in [-0.2, -0.15) is 0 Å². The highest BCUT2D eigenvalue weighted by Gasteiger charge is 2.17. The van der Waals surface area contributed by atoms with Gasteiger partial charge < -0.3 is 16.0 Å². The lowest BCUT2D eigenvalue weighted by Gasteiger charge is -2.23. The van der Waals surface area contributed by atoms with Gasteiger partial charge in [0.05, 0.1) is 5.69 Å². The first-order chi connectivity index (χ1) is 11.0. The Bertz CT molecular complexity index is 575. The van der Waals surface area contributed by atoms with E-state index in [0.717, 1.165) is 25.9 Å². The molecular formula is C17H25ClFN3O2. The van der Waals surface area contributed by atoms with E-state index in [4.69, 9.17) is 0 Å². The number of hydrogen-bond acceptors (Lipinski definition) is 3. The Kier molecular flexibility index (Phi) is 8.15. The second kappa shape index (κ2) is 9.59. The maximum atomic E-state index is 14.1. The average Bonchev–Trinajstić information content (AvgIpc) is 2.49. The minimum absolute atomic E-state index is 0. The predicted octanol–water partition coefficient (Wildman–Crippen LogP) is 2.71. The molecule has 3 N–H and O–H groups in total. The third-order valence-electron chi connectivity index (χ3n) is 3.77. The lowest BCUT2D eigenvalue weighted by Crippen LogP contribution is -2.42. The maximum absolute atomic E-state index is 14.1. The van der Waals surface area contributed by atoms with Gasteiger partial charge in [-0.05, 0) is 50.0 Å². The molecule has 1 saturated heterocycles. The van der Waals surface area contributed by atoms with Crippen molar-refractivity contribution in [1.29, 1.82) is 0 Å². The quantitative estimate of drug-likeness (QED) is 0.758. The molecule has 1 aliphatic rings. The van der Waals surface area contributed by atoms with E-state index in [1.165, 1.54) is 18.2 Å². The number of piperidine rings is 1. The lowest BCUT2D eigenvalue weighted by atomic mass is 10.1. The molecule has 2 amide bonds. The number of carbonyl (C=O) groups excluding carboxylic acids is 2. The maximum Gasteiger partial charge on any atom is 0.251 e. The van der Waals surface area contributed by atoms with Gasteiger partial charge in [-0.15, -0.1) is 12.4 Å². The van der Waals surface area contributed by atoms with Crippen molar-refractivity contribution in [2.75, 3.05) is 18.4 Å². The summed E-state index contributed by atoms with van der Waals surface area (Å²) in [6.45, 7) is 5.59. The zero-order valence-electron chi connectivity index (χ0n) is 14.0. The molecule has 0 saturated carbocycles. The van der Waals surface area contributed by atoms with Gasteiger partial charge in [-0.1, -0.05) is 13.8 Å². The Morgan fingerprint density at radius 2 is 1.96 bits per heavy atom. The Morgan fingerprint density at radius 1 is 1.29 bits per heavy atom. The number of amides is 2. The smallest absolute Gasteiger partial charge is 0.251 e. The summed E-state index contributed by atoms with van der Waals surface area (Å²) >= 11 is 0. The number of rotatable bonds is 5. The first-order valence-electron chi connectivity index (χ1n) is 8.06. The van der Waals surface area contributed by atoms with E-state index in [1.807, 2.05) is 13.8 Å². The highest BCUT2D eigenvalue weighted by atomic mass is 35.5. The first kappa shape index (κ1) is 20.4. The second-order valence-electron chi connectivity index (χ2n) is 6.34. The van der Waals surface area contributed by atoms with Crippen LogP contribution in [0.25, 0.3) is 0 Å². The summed E-state index contributed by atoms with van der Waals surface area (Å²) in [5.41, 5.74) is 0.372. The van der Waals surface area contributed by atoms with Gasteiger partial charge in [0.25, 0.3) is 5.91 Å².